The van der Waals surface area contributed by atoms with Gasteiger partial charge in [-0.2, -0.15) is 0 Å². The van der Waals surface area contributed by atoms with E-state index in [2.05, 4.69) is 0 Å². The van der Waals surface area contributed by atoms with Crippen LogP contribution in [-0.4, -0.2) is 33.8 Å². The normalized spacial score (nSPS) is 39.4. The van der Waals surface area contributed by atoms with Gasteiger partial charge in [-0.3, -0.25) is 19.3 Å². The lowest BCUT2D eigenvalue weighted by Crippen LogP contribution is -2.40. The molecular formula is C13H17NO4. The van der Waals surface area contributed by atoms with E-state index in [0.717, 1.165) is 19.3 Å². The fourth-order valence-electron chi connectivity index (χ4n) is 3.79. The number of fused-ring (bicyclic) bond motifs is 1. The van der Waals surface area contributed by atoms with Crippen LogP contribution in [0.4, 0.5) is 0 Å². The van der Waals surface area contributed by atoms with Crippen LogP contribution in [0.5, 0.6) is 0 Å². The third kappa shape index (κ3) is 1.56. The summed E-state index contributed by atoms with van der Waals surface area (Å²) in [6.45, 7) is 0. The summed E-state index contributed by atoms with van der Waals surface area (Å²) in [7, 11) is 0. The summed E-state index contributed by atoms with van der Waals surface area (Å²) in [5.74, 6) is -1.51. The number of carboxylic acids is 1. The number of amides is 2. The summed E-state index contributed by atoms with van der Waals surface area (Å²) in [6, 6.07) is -0.170. The summed E-state index contributed by atoms with van der Waals surface area (Å²) in [4.78, 5) is 36.8. The maximum atomic E-state index is 12.2. The number of carbonyl (C=O) groups is 3. The largest absolute Gasteiger partial charge is 0.481 e. The molecule has 5 heteroatoms. The monoisotopic (exact) mass is 251 g/mol. The molecule has 0 aromatic carbocycles. The van der Waals surface area contributed by atoms with E-state index in [4.69, 9.17) is 5.11 Å². The Morgan fingerprint density at radius 1 is 1.06 bits per heavy atom. The van der Waals surface area contributed by atoms with Crippen molar-refractivity contribution in [2.75, 3.05) is 0 Å². The number of likely N-dealkylation sites (tertiary alicyclic amines) is 1. The minimum absolute atomic E-state index is 0.0430. The Hall–Kier alpha value is -1.39. The van der Waals surface area contributed by atoms with Gasteiger partial charge >= 0.3 is 5.97 Å². The first-order valence-electron chi connectivity index (χ1n) is 6.69. The van der Waals surface area contributed by atoms with Crippen LogP contribution in [-0.2, 0) is 14.4 Å². The fraction of sp³-hybridized carbons (Fsp3) is 0.769. The standard InChI is InChI=1S/C13H17NO4/c15-11-9-2-1-3-10(9)12(16)14(11)8-5-4-7(6-8)13(17)18/h7-10H,1-6H2,(H,17,18)/t7-,8+,9?,10?/m1/s1. The smallest absolute Gasteiger partial charge is 0.306 e. The topological polar surface area (TPSA) is 74.7 Å². The van der Waals surface area contributed by atoms with Gasteiger partial charge in [0, 0.05) is 6.04 Å². The lowest BCUT2D eigenvalue weighted by atomic mass is 10.00. The molecular weight excluding hydrogens is 234 g/mol. The van der Waals surface area contributed by atoms with Crippen LogP contribution in [0.3, 0.4) is 0 Å². The number of carbonyl (C=O) groups excluding carboxylic acids is 2. The van der Waals surface area contributed by atoms with Crippen molar-refractivity contribution in [2.45, 2.75) is 44.6 Å². The Morgan fingerprint density at radius 3 is 2.17 bits per heavy atom. The second-order valence-electron chi connectivity index (χ2n) is 5.69. The van der Waals surface area contributed by atoms with Crippen LogP contribution in [0.25, 0.3) is 0 Å². The summed E-state index contributed by atoms with van der Waals surface area (Å²) in [5, 5.41) is 8.98. The van der Waals surface area contributed by atoms with Crippen LogP contribution >= 0.6 is 0 Å². The average Bonchev–Trinajstić information content (AvgIpc) is 3.00. The van der Waals surface area contributed by atoms with E-state index < -0.39 is 11.9 Å². The van der Waals surface area contributed by atoms with Crippen molar-refractivity contribution in [3.63, 3.8) is 0 Å². The van der Waals surface area contributed by atoms with Gasteiger partial charge in [0.05, 0.1) is 17.8 Å². The number of hydrogen-bond acceptors (Lipinski definition) is 3. The highest BCUT2D eigenvalue weighted by molar-refractivity contribution is 6.05. The summed E-state index contributed by atoms with van der Waals surface area (Å²) >= 11 is 0. The zero-order valence-corrected chi connectivity index (χ0v) is 10.2. The van der Waals surface area contributed by atoms with E-state index in [0.29, 0.717) is 19.3 Å². The second-order valence-corrected chi connectivity index (χ2v) is 5.69. The summed E-state index contributed by atoms with van der Waals surface area (Å²) in [6.07, 6.45) is 4.26. The van der Waals surface area contributed by atoms with Crippen molar-refractivity contribution in [1.82, 2.24) is 4.90 Å². The van der Waals surface area contributed by atoms with Crippen molar-refractivity contribution in [1.29, 1.82) is 0 Å². The Labute approximate surface area is 105 Å². The van der Waals surface area contributed by atoms with Gasteiger partial charge in [0.1, 0.15) is 0 Å². The highest BCUT2D eigenvalue weighted by atomic mass is 16.4. The molecule has 0 spiro atoms. The van der Waals surface area contributed by atoms with Crippen LogP contribution in [0.15, 0.2) is 0 Å². The Balaban J connectivity index is 1.76. The van der Waals surface area contributed by atoms with Crippen molar-refractivity contribution < 1.29 is 19.5 Å². The van der Waals surface area contributed by atoms with E-state index in [9.17, 15) is 14.4 Å². The molecule has 2 saturated carbocycles. The predicted molar refractivity (Wildman–Crippen MR) is 61.4 cm³/mol. The van der Waals surface area contributed by atoms with E-state index in [-0.39, 0.29) is 29.7 Å². The van der Waals surface area contributed by atoms with Gasteiger partial charge in [-0.15, -0.1) is 0 Å². The Bertz CT molecular complexity index is 397. The zero-order chi connectivity index (χ0) is 12.9. The lowest BCUT2D eigenvalue weighted by Gasteiger charge is -2.23. The van der Waals surface area contributed by atoms with Crippen LogP contribution in [0.2, 0.25) is 0 Å². The average molecular weight is 251 g/mol. The molecule has 18 heavy (non-hydrogen) atoms. The van der Waals surface area contributed by atoms with Gasteiger partial charge in [0.25, 0.3) is 0 Å². The minimum Gasteiger partial charge on any atom is -0.481 e. The lowest BCUT2D eigenvalue weighted by molar-refractivity contribution is -0.145. The van der Waals surface area contributed by atoms with Crippen LogP contribution in [0, 0.1) is 17.8 Å². The third-order valence-electron chi connectivity index (χ3n) is 4.74. The molecule has 4 atom stereocenters. The molecule has 0 radical (unpaired) electrons. The van der Waals surface area contributed by atoms with E-state index in [1.54, 1.807) is 0 Å². The molecule has 5 nitrogen and oxygen atoms in total. The molecule has 1 aliphatic heterocycles. The number of imide groups is 1. The predicted octanol–water partition coefficient (Wildman–Crippen LogP) is 1.02. The first-order chi connectivity index (χ1) is 8.59. The molecule has 0 aromatic rings. The summed E-state index contributed by atoms with van der Waals surface area (Å²) in [5.41, 5.74) is 0. The molecule has 2 unspecified atom stereocenters. The quantitative estimate of drug-likeness (QED) is 0.744. The molecule has 2 amide bonds. The SMILES string of the molecule is O=C(O)[C@@H]1CC[C@H](N2C(=O)C3CCCC3C2=O)C1. The van der Waals surface area contributed by atoms with Crippen molar-refractivity contribution >= 4 is 17.8 Å². The fourth-order valence-corrected chi connectivity index (χ4v) is 3.79. The molecule has 1 saturated heterocycles. The molecule has 3 fully saturated rings. The molecule has 2 aliphatic carbocycles. The molecule has 3 rings (SSSR count). The minimum atomic E-state index is -0.809. The van der Waals surface area contributed by atoms with E-state index in [1.165, 1.54) is 4.90 Å². The van der Waals surface area contributed by atoms with Crippen molar-refractivity contribution in [3.8, 4) is 0 Å². The first-order valence-corrected chi connectivity index (χ1v) is 6.69. The first kappa shape index (κ1) is 11.7. The molecule has 3 aliphatic rings. The number of rotatable bonds is 2. The maximum Gasteiger partial charge on any atom is 0.306 e. The van der Waals surface area contributed by atoms with Gasteiger partial charge in [-0.25, -0.2) is 0 Å². The number of hydrogen-bond donors (Lipinski definition) is 1. The third-order valence-corrected chi connectivity index (χ3v) is 4.74. The van der Waals surface area contributed by atoms with Crippen LogP contribution in [0.1, 0.15) is 38.5 Å². The van der Waals surface area contributed by atoms with E-state index in [1.807, 2.05) is 0 Å². The summed E-state index contributed by atoms with van der Waals surface area (Å²) < 4.78 is 0. The van der Waals surface area contributed by atoms with Crippen LogP contribution < -0.4 is 0 Å². The zero-order valence-electron chi connectivity index (χ0n) is 10.2. The van der Waals surface area contributed by atoms with Gasteiger partial charge in [0.15, 0.2) is 0 Å². The van der Waals surface area contributed by atoms with Gasteiger partial charge in [0.2, 0.25) is 11.8 Å². The molecule has 1 N–H and O–H groups in total. The Kier molecular flexibility index (Phi) is 2.64. The number of carboxylic acid groups (broad SMARTS) is 1. The second kappa shape index (κ2) is 4.07. The number of nitrogens with zero attached hydrogens (tertiary/aromatic N) is 1. The molecule has 0 aromatic heterocycles. The molecule has 98 valence electrons. The molecule has 1 heterocycles. The van der Waals surface area contributed by atoms with Crippen molar-refractivity contribution in [3.05, 3.63) is 0 Å². The van der Waals surface area contributed by atoms with Gasteiger partial charge in [-0.1, -0.05) is 6.42 Å². The van der Waals surface area contributed by atoms with Gasteiger partial charge in [-0.05, 0) is 32.1 Å². The van der Waals surface area contributed by atoms with Crippen molar-refractivity contribution in [2.24, 2.45) is 17.8 Å². The molecule has 0 bridgehead atoms. The maximum absolute atomic E-state index is 12.2. The highest BCUT2D eigenvalue weighted by Crippen LogP contribution is 2.43. The Morgan fingerprint density at radius 2 is 1.67 bits per heavy atom. The highest BCUT2D eigenvalue weighted by Gasteiger charge is 2.52. The van der Waals surface area contributed by atoms with Gasteiger partial charge < -0.3 is 5.11 Å². The number of aliphatic carboxylic acids is 1. The van der Waals surface area contributed by atoms with E-state index >= 15 is 0 Å².